The number of fused-ring (bicyclic) bond motifs is 3. The maximum absolute atomic E-state index is 13.2. The van der Waals surface area contributed by atoms with E-state index in [0.29, 0.717) is 23.3 Å². The molecule has 32 heavy (non-hydrogen) atoms. The molecule has 0 fully saturated rings. The van der Waals surface area contributed by atoms with E-state index in [0.717, 1.165) is 17.0 Å². The van der Waals surface area contributed by atoms with E-state index in [9.17, 15) is 14.7 Å². The normalized spacial score (nSPS) is 18.5. The average molecular weight is 436 g/mol. The summed E-state index contributed by atoms with van der Waals surface area (Å²) in [6.45, 7) is 8.93. The first-order chi connectivity index (χ1) is 15.1. The Hall–Kier alpha value is -3.19. The lowest BCUT2D eigenvalue weighted by molar-refractivity contribution is -0.162. The number of amides is 1. The second kappa shape index (κ2) is 8.06. The lowest BCUT2D eigenvalue weighted by atomic mass is 9.86. The van der Waals surface area contributed by atoms with Crippen LogP contribution in [0.5, 0.6) is 0 Å². The van der Waals surface area contributed by atoms with Gasteiger partial charge < -0.3 is 14.2 Å². The minimum absolute atomic E-state index is 0.106. The Morgan fingerprint density at radius 1 is 1.19 bits per heavy atom. The molecule has 1 amide bonds. The molecular formula is C25H29N3O4. The Morgan fingerprint density at radius 3 is 2.53 bits per heavy atom. The molecule has 2 aromatic heterocycles. The van der Waals surface area contributed by atoms with Crippen molar-refractivity contribution in [3.63, 3.8) is 0 Å². The fourth-order valence-corrected chi connectivity index (χ4v) is 4.34. The number of nitrogens with zero attached hydrogens (tertiary/aromatic N) is 3. The van der Waals surface area contributed by atoms with Crippen LogP contribution in [-0.4, -0.2) is 32.6 Å². The second-order valence-corrected chi connectivity index (χ2v) is 9.14. The van der Waals surface area contributed by atoms with Gasteiger partial charge in [0.15, 0.2) is 11.9 Å². The van der Waals surface area contributed by atoms with Crippen LogP contribution in [0.3, 0.4) is 0 Å². The Morgan fingerprint density at radius 2 is 1.88 bits per heavy atom. The van der Waals surface area contributed by atoms with Crippen molar-refractivity contribution in [2.75, 3.05) is 4.90 Å². The number of ether oxygens (including phenoxy) is 1. The van der Waals surface area contributed by atoms with Gasteiger partial charge in [0, 0.05) is 30.8 Å². The minimum atomic E-state index is -0.916. The molecular weight excluding hydrogens is 406 g/mol. The highest BCUT2D eigenvalue weighted by Crippen LogP contribution is 2.41. The summed E-state index contributed by atoms with van der Waals surface area (Å²) in [5.41, 5.74) is 3.67. The van der Waals surface area contributed by atoms with Crippen molar-refractivity contribution in [2.24, 2.45) is 5.41 Å². The summed E-state index contributed by atoms with van der Waals surface area (Å²) in [4.78, 5) is 32.0. The smallest absolute Gasteiger partial charge is 0.313 e. The number of pyridine rings is 1. The third-order valence-electron chi connectivity index (χ3n) is 6.21. The largest absolute Gasteiger partial charge is 0.441 e. The van der Waals surface area contributed by atoms with E-state index in [1.807, 2.05) is 68.6 Å². The third kappa shape index (κ3) is 3.77. The maximum Gasteiger partial charge on any atom is 0.313 e. The maximum atomic E-state index is 13.2. The first-order valence-corrected chi connectivity index (χ1v) is 10.8. The first-order valence-electron chi connectivity index (χ1n) is 10.8. The Kier molecular flexibility index (Phi) is 5.54. The summed E-state index contributed by atoms with van der Waals surface area (Å²) >= 11 is 0. The standard InChI is InChI=1S/C25H29N3O4/c1-15-16(2)27-12-11-19-20(30)13-21(28(17(3)29)22(19)23(27)26-15)32-24(31)25(4,5)14-18-9-7-6-8-10-18/h6-12,20-21,30H,13-14H2,1-5H3/t20-,21-/m1/s1. The molecule has 0 saturated carbocycles. The number of benzene rings is 1. The number of esters is 1. The molecule has 0 bridgehead atoms. The number of aromatic nitrogens is 2. The van der Waals surface area contributed by atoms with Gasteiger partial charge in [-0.3, -0.25) is 14.5 Å². The molecule has 0 unspecified atom stereocenters. The monoisotopic (exact) mass is 435 g/mol. The highest BCUT2D eigenvalue weighted by molar-refractivity contribution is 5.98. The zero-order valence-corrected chi connectivity index (χ0v) is 19.1. The van der Waals surface area contributed by atoms with Crippen molar-refractivity contribution >= 4 is 23.2 Å². The van der Waals surface area contributed by atoms with E-state index >= 15 is 0 Å². The van der Waals surface area contributed by atoms with Gasteiger partial charge >= 0.3 is 5.97 Å². The molecule has 7 nitrogen and oxygen atoms in total. The number of aliphatic hydroxyl groups excluding tert-OH is 1. The lowest BCUT2D eigenvalue weighted by Crippen LogP contribution is -2.48. The molecule has 3 heterocycles. The van der Waals surface area contributed by atoms with Gasteiger partial charge in [-0.15, -0.1) is 0 Å². The SMILES string of the molecule is CC(=O)N1c2c(ccn3c(C)c(C)nc23)[C@H](O)C[C@H]1OC(=O)C(C)(C)Cc1ccccc1. The molecule has 0 radical (unpaired) electrons. The summed E-state index contributed by atoms with van der Waals surface area (Å²) in [7, 11) is 0. The highest BCUT2D eigenvalue weighted by atomic mass is 16.6. The Bertz CT molecular complexity index is 1180. The van der Waals surface area contributed by atoms with Crippen LogP contribution in [0.2, 0.25) is 0 Å². The second-order valence-electron chi connectivity index (χ2n) is 9.14. The van der Waals surface area contributed by atoms with E-state index in [4.69, 9.17) is 4.74 Å². The number of carbonyl (C=O) groups excluding carboxylic acids is 2. The van der Waals surface area contributed by atoms with Gasteiger partial charge in [0.1, 0.15) is 0 Å². The van der Waals surface area contributed by atoms with Crippen molar-refractivity contribution in [3.05, 3.63) is 65.1 Å². The number of aliphatic hydroxyl groups is 1. The molecule has 2 atom stereocenters. The fraction of sp³-hybridized carbons (Fsp3) is 0.400. The summed E-state index contributed by atoms with van der Waals surface area (Å²) in [6.07, 6.45) is 0.662. The van der Waals surface area contributed by atoms with Gasteiger partial charge in [0.25, 0.3) is 0 Å². The van der Waals surface area contributed by atoms with Crippen LogP contribution in [-0.2, 0) is 20.7 Å². The molecule has 4 rings (SSSR count). The van der Waals surface area contributed by atoms with E-state index in [1.165, 1.54) is 11.8 Å². The quantitative estimate of drug-likeness (QED) is 0.629. The van der Waals surface area contributed by atoms with Crippen LogP contribution in [0, 0.1) is 19.3 Å². The molecule has 3 aromatic rings. The van der Waals surface area contributed by atoms with Gasteiger partial charge in [-0.05, 0) is 45.7 Å². The molecule has 0 spiro atoms. The van der Waals surface area contributed by atoms with Gasteiger partial charge in [-0.2, -0.15) is 0 Å². The number of hydrogen-bond donors (Lipinski definition) is 1. The van der Waals surface area contributed by atoms with Crippen LogP contribution >= 0.6 is 0 Å². The van der Waals surface area contributed by atoms with Crippen molar-refractivity contribution in [1.82, 2.24) is 9.38 Å². The predicted octanol–water partition coefficient (Wildman–Crippen LogP) is 3.88. The zero-order chi connectivity index (χ0) is 23.2. The van der Waals surface area contributed by atoms with Crippen molar-refractivity contribution in [2.45, 2.75) is 59.8 Å². The van der Waals surface area contributed by atoms with Gasteiger partial charge in [0.2, 0.25) is 5.91 Å². The highest BCUT2D eigenvalue weighted by Gasteiger charge is 2.41. The van der Waals surface area contributed by atoms with E-state index in [-0.39, 0.29) is 12.3 Å². The third-order valence-corrected chi connectivity index (χ3v) is 6.21. The number of carbonyl (C=O) groups is 2. The number of anilines is 1. The van der Waals surface area contributed by atoms with Crippen LogP contribution < -0.4 is 4.90 Å². The van der Waals surface area contributed by atoms with E-state index < -0.39 is 23.7 Å². The number of imidazole rings is 1. The van der Waals surface area contributed by atoms with Crippen molar-refractivity contribution in [1.29, 1.82) is 0 Å². The van der Waals surface area contributed by atoms with Crippen molar-refractivity contribution < 1.29 is 19.4 Å². The molecule has 168 valence electrons. The average Bonchev–Trinajstić information content (AvgIpc) is 3.02. The minimum Gasteiger partial charge on any atom is -0.441 e. The van der Waals surface area contributed by atoms with Gasteiger partial charge in [-0.1, -0.05) is 30.3 Å². The van der Waals surface area contributed by atoms with E-state index in [2.05, 4.69) is 4.98 Å². The Balaban J connectivity index is 1.69. The predicted molar refractivity (Wildman–Crippen MR) is 121 cm³/mol. The molecule has 0 saturated heterocycles. The molecule has 7 heteroatoms. The van der Waals surface area contributed by atoms with Gasteiger partial charge in [0.05, 0.1) is 22.9 Å². The van der Waals surface area contributed by atoms with Crippen LogP contribution in [0.4, 0.5) is 5.69 Å². The van der Waals surface area contributed by atoms with Crippen LogP contribution in [0.25, 0.3) is 5.65 Å². The number of hydrogen-bond acceptors (Lipinski definition) is 5. The molecule has 1 N–H and O–H groups in total. The Labute approximate surface area is 187 Å². The van der Waals surface area contributed by atoms with Crippen molar-refractivity contribution in [3.8, 4) is 0 Å². The lowest BCUT2D eigenvalue weighted by Gasteiger charge is -2.39. The summed E-state index contributed by atoms with van der Waals surface area (Å²) in [6, 6.07) is 11.5. The number of rotatable bonds is 4. The van der Waals surface area contributed by atoms with Crippen LogP contribution in [0.15, 0.2) is 42.6 Å². The molecule has 0 aliphatic carbocycles. The summed E-state index contributed by atoms with van der Waals surface area (Å²) in [5.74, 6) is -0.695. The molecule has 1 aliphatic heterocycles. The topological polar surface area (TPSA) is 84.1 Å². The summed E-state index contributed by atoms with van der Waals surface area (Å²) in [5, 5.41) is 10.9. The number of aryl methyl sites for hydroxylation is 2. The van der Waals surface area contributed by atoms with Gasteiger partial charge in [-0.25, -0.2) is 4.98 Å². The zero-order valence-electron chi connectivity index (χ0n) is 19.1. The fourth-order valence-electron chi connectivity index (χ4n) is 4.34. The first kappa shape index (κ1) is 22.0. The summed E-state index contributed by atoms with van der Waals surface area (Å²) < 4.78 is 7.77. The van der Waals surface area contributed by atoms with Crippen LogP contribution in [0.1, 0.15) is 55.8 Å². The van der Waals surface area contributed by atoms with E-state index in [1.54, 1.807) is 6.07 Å². The molecule has 1 aliphatic rings. The molecule has 1 aromatic carbocycles.